The van der Waals surface area contributed by atoms with Crippen LogP contribution in [0.1, 0.15) is 50.2 Å². The van der Waals surface area contributed by atoms with E-state index in [-0.39, 0.29) is 12.2 Å². The van der Waals surface area contributed by atoms with Crippen molar-refractivity contribution in [3.05, 3.63) is 77.4 Å². The Morgan fingerprint density at radius 3 is 2.29 bits per heavy atom. The predicted molar refractivity (Wildman–Crippen MR) is 138 cm³/mol. The number of carbonyl (C=O) groups is 2. The van der Waals surface area contributed by atoms with Crippen LogP contribution in [0.25, 0.3) is 27.6 Å². The molecule has 0 aromatic heterocycles. The molecule has 3 aromatic carbocycles. The van der Waals surface area contributed by atoms with Crippen LogP contribution in [0.15, 0.2) is 66.3 Å². The molecule has 0 aliphatic heterocycles. The number of aliphatic hydroxyl groups excluding tert-OH is 1. The van der Waals surface area contributed by atoms with E-state index in [0.29, 0.717) is 31.3 Å². The summed E-state index contributed by atoms with van der Waals surface area (Å²) in [4.78, 5) is 21.6. The van der Waals surface area contributed by atoms with Crippen molar-refractivity contribution < 1.29 is 24.9 Å². The molecule has 0 bridgehead atoms. The van der Waals surface area contributed by atoms with Gasteiger partial charge in [0.1, 0.15) is 0 Å². The number of carboxylic acids is 2. The summed E-state index contributed by atoms with van der Waals surface area (Å²) < 4.78 is 0. The molecule has 6 nitrogen and oxygen atoms in total. The first-order chi connectivity index (χ1) is 16.3. The summed E-state index contributed by atoms with van der Waals surface area (Å²) in [6.45, 7) is 5.43. The first-order valence-corrected chi connectivity index (χ1v) is 11.2. The van der Waals surface area contributed by atoms with Crippen molar-refractivity contribution in [3.8, 4) is 0 Å². The first-order valence-electron chi connectivity index (χ1n) is 11.2. The third-order valence-corrected chi connectivity index (χ3v) is 5.42. The molecule has 0 saturated heterocycles. The molecule has 0 radical (unpaired) electrons. The van der Waals surface area contributed by atoms with Crippen LogP contribution in [0.2, 0.25) is 0 Å². The highest BCUT2D eigenvalue weighted by atomic mass is 16.4. The summed E-state index contributed by atoms with van der Waals surface area (Å²) in [6.07, 6.45) is 6.23. The molecular formula is C28H31NO5. The van der Waals surface area contributed by atoms with Gasteiger partial charge in [-0.2, -0.15) is 0 Å². The lowest BCUT2D eigenvalue weighted by atomic mass is 9.93. The lowest BCUT2D eigenvalue weighted by Crippen LogP contribution is -2.00. The number of hydrogen-bond donors (Lipinski definition) is 4. The first kappa shape index (κ1) is 26.5. The van der Waals surface area contributed by atoms with Gasteiger partial charge in [-0.15, -0.1) is 0 Å². The zero-order chi connectivity index (χ0) is 25.1. The van der Waals surface area contributed by atoms with Crippen LogP contribution in [0.3, 0.4) is 0 Å². The van der Waals surface area contributed by atoms with Gasteiger partial charge in [0.25, 0.3) is 0 Å². The fourth-order valence-electron chi connectivity index (χ4n) is 3.72. The number of unbranched alkanes of at least 4 members (excludes halogenated alkanes) is 1. The minimum atomic E-state index is -0.946. The lowest BCUT2D eigenvalue weighted by Gasteiger charge is -2.11. The van der Waals surface area contributed by atoms with Gasteiger partial charge in [-0.05, 0) is 64.9 Å². The number of hydrogen-bond acceptors (Lipinski definition) is 4. The third kappa shape index (κ3) is 6.86. The van der Waals surface area contributed by atoms with Crippen molar-refractivity contribution in [1.29, 1.82) is 5.41 Å². The molecule has 178 valence electrons. The Labute approximate surface area is 199 Å². The van der Waals surface area contributed by atoms with Gasteiger partial charge in [0.15, 0.2) is 0 Å². The minimum Gasteiger partial charge on any atom is -0.478 e. The van der Waals surface area contributed by atoms with E-state index in [1.54, 1.807) is 6.08 Å². The van der Waals surface area contributed by atoms with Crippen LogP contribution in [0.4, 0.5) is 0 Å². The minimum absolute atomic E-state index is 0.118. The van der Waals surface area contributed by atoms with Gasteiger partial charge in [-0.25, -0.2) is 9.59 Å². The maximum Gasteiger partial charge on any atom is 0.331 e. The molecule has 3 aromatic rings. The van der Waals surface area contributed by atoms with Gasteiger partial charge in [0.2, 0.25) is 0 Å². The van der Waals surface area contributed by atoms with Crippen molar-refractivity contribution in [2.45, 2.75) is 39.0 Å². The van der Waals surface area contributed by atoms with E-state index in [9.17, 15) is 14.7 Å². The van der Waals surface area contributed by atoms with E-state index in [1.165, 1.54) is 6.21 Å². The van der Waals surface area contributed by atoms with Gasteiger partial charge in [-0.3, -0.25) is 0 Å². The Hall–Kier alpha value is -3.77. The Kier molecular flexibility index (Phi) is 10.2. The van der Waals surface area contributed by atoms with Gasteiger partial charge in [0, 0.05) is 29.5 Å². The van der Waals surface area contributed by atoms with Gasteiger partial charge in [-0.1, -0.05) is 62.4 Å². The number of benzene rings is 3. The summed E-state index contributed by atoms with van der Waals surface area (Å²) in [5.74, 6) is -1.83. The SMILES string of the molecule is C=C(CCCCO)C(=O)O.CCCC(=Cc1cccc2cc3ccccc3c(C=N)c12)C(=O)O. The summed E-state index contributed by atoms with van der Waals surface area (Å²) in [5, 5.41) is 38.0. The zero-order valence-corrected chi connectivity index (χ0v) is 19.4. The summed E-state index contributed by atoms with van der Waals surface area (Å²) >= 11 is 0. The molecule has 34 heavy (non-hydrogen) atoms. The van der Waals surface area contributed by atoms with Crippen LogP contribution in [-0.2, 0) is 9.59 Å². The Bertz CT molecular complexity index is 1230. The average Bonchev–Trinajstić information content (AvgIpc) is 2.82. The Morgan fingerprint density at radius 1 is 0.971 bits per heavy atom. The fourth-order valence-corrected chi connectivity index (χ4v) is 3.72. The van der Waals surface area contributed by atoms with Crippen LogP contribution in [0, 0.1) is 5.41 Å². The highest BCUT2D eigenvalue weighted by Crippen LogP contribution is 2.31. The topological polar surface area (TPSA) is 119 Å². The van der Waals surface area contributed by atoms with Crippen molar-refractivity contribution in [3.63, 3.8) is 0 Å². The Balaban J connectivity index is 0.000000347. The quantitative estimate of drug-likeness (QED) is 0.127. The van der Waals surface area contributed by atoms with Crippen molar-refractivity contribution >= 4 is 45.8 Å². The smallest absolute Gasteiger partial charge is 0.331 e. The van der Waals surface area contributed by atoms with E-state index in [0.717, 1.165) is 39.1 Å². The number of nitrogens with one attached hydrogen (secondary N) is 1. The molecular weight excluding hydrogens is 430 g/mol. The molecule has 0 spiro atoms. The number of aliphatic hydroxyl groups is 1. The zero-order valence-electron chi connectivity index (χ0n) is 19.4. The van der Waals surface area contributed by atoms with Crippen molar-refractivity contribution in [2.24, 2.45) is 0 Å². The lowest BCUT2D eigenvalue weighted by molar-refractivity contribution is -0.133. The molecule has 0 unspecified atom stereocenters. The van der Waals surface area contributed by atoms with Crippen LogP contribution >= 0.6 is 0 Å². The standard InChI is InChI=1S/C21H19NO2.C7H12O3/c1-2-6-17(21(23)24)12-16-9-5-8-15-11-14-7-3-4-10-18(14)19(13-22)20(15)16;1-6(7(9)10)4-2-3-5-8/h3-5,7-13,22H,2,6H2,1H3,(H,23,24);8H,1-5H2,(H,9,10). The second kappa shape index (κ2) is 13.1. The molecule has 0 amide bonds. The Morgan fingerprint density at radius 2 is 1.68 bits per heavy atom. The monoisotopic (exact) mass is 461 g/mol. The number of rotatable bonds is 10. The van der Waals surface area contributed by atoms with E-state index in [1.807, 2.05) is 49.4 Å². The highest BCUT2D eigenvalue weighted by Gasteiger charge is 2.11. The average molecular weight is 462 g/mol. The molecule has 0 aliphatic rings. The third-order valence-electron chi connectivity index (χ3n) is 5.42. The van der Waals surface area contributed by atoms with Gasteiger partial charge in [0.05, 0.1) is 0 Å². The predicted octanol–water partition coefficient (Wildman–Crippen LogP) is 6.05. The highest BCUT2D eigenvalue weighted by molar-refractivity contribution is 6.15. The van der Waals surface area contributed by atoms with E-state index in [2.05, 4.69) is 12.6 Å². The van der Waals surface area contributed by atoms with Crippen LogP contribution in [0.5, 0.6) is 0 Å². The summed E-state index contributed by atoms with van der Waals surface area (Å²) in [7, 11) is 0. The van der Waals surface area contributed by atoms with Gasteiger partial charge < -0.3 is 20.7 Å². The maximum atomic E-state index is 11.5. The summed E-state index contributed by atoms with van der Waals surface area (Å²) in [5.41, 5.74) is 2.29. The largest absolute Gasteiger partial charge is 0.478 e. The second-order valence-corrected chi connectivity index (χ2v) is 7.92. The number of aliphatic carboxylic acids is 2. The van der Waals surface area contributed by atoms with E-state index >= 15 is 0 Å². The molecule has 0 saturated carbocycles. The van der Waals surface area contributed by atoms with E-state index in [4.69, 9.17) is 15.6 Å². The normalized spacial score (nSPS) is 11.1. The molecule has 3 rings (SSSR count). The van der Waals surface area contributed by atoms with Crippen molar-refractivity contribution in [2.75, 3.05) is 6.61 Å². The van der Waals surface area contributed by atoms with Crippen molar-refractivity contribution in [1.82, 2.24) is 0 Å². The molecule has 0 heterocycles. The summed E-state index contributed by atoms with van der Waals surface area (Å²) in [6, 6.07) is 15.9. The second-order valence-electron chi connectivity index (χ2n) is 7.92. The van der Waals surface area contributed by atoms with E-state index < -0.39 is 11.9 Å². The molecule has 4 N–H and O–H groups in total. The number of fused-ring (bicyclic) bond motifs is 2. The maximum absolute atomic E-state index is 11.5. The fraction of sp³-hybridized carbons (Fsp3) is 0.250. The molecule has 0 fully saturated rings. The molecule has 0 aliphatic carbocycles. The van der Waals surface area contributed by atoms with Crippen LogP contribution < -0.4 is 0 Å². The van der Waals surface area contributed by atoms with Crippen LogP contribution in [-0.4, -0.2) is 40.1 Å². The molecule has 6 heteroatoms. The number of carboxylic acid groups (broad SMARTS) is 2. The molecule has 0 atom stereocenters. The van der Waals surface area contributed by atoms with Gasteiger partial charge >= 0.3 is 11.9 Å².